The highest BCUT2D eigenvalue weighted by molar-refractivity contribution is 5.55. The van der Waals surface area contributed by atoms with Crippen LogP contribution in [0.15, 0.2) is 12.1 Å². The number of nitrogens with two attached hydrogens (primary N) is 1. The summed E-state index contributed by atoms with van der Waals surface area (Å²) in [6, 6.07) is 6.93. The highest BCUT2D eigenvalue weighted by atomic mass is 15.3. The van der Waals surface area contributed by atoms with Gasteiger partial charge in [0.15, 0.2) is 0 Å². The van der Waals surface area contributed by atoms with Crippen LogP contribution < -0.4 is 10.6 Å². The number of likely N-dealkylation sites (N-methyl/N-ethyl adjacent to an activating group) is 1. The van der Waals surface area contributed by atoms with Crippen molar-refractivity contribution in [3.8, 4) is 6.07 Å². The van der Waals surface area contributed by atoms with Crippen molar-refractivity contribution in [1.29, 1.82) is 5.26 Å². The minimum atomic E-state index is 0.340. The van der Waals surface area contributed by atoms with Gasteiger partial charge in [0.05, 0.1) is 5.56 Å². The van der Waals surface area contributed by atoms with E-state index in [2.05, 4.69) is 27.9 Å². The van der Waals surface area contributed by atoms with E-state index in [1.54, 1.807) is 6.07 Å². The molecule has 1 aromatic rings. The summed E-state index contributed by atoms with van der Waals surface area (Å²) in [5.74, 6) is 1.26. The van der Waals surface area contributed by atoms with Crippen LogP contribution in [0.1, 0.15) is 24.8 Å². The first-order chi connectivity index (χ1) is 9.20. The van der Waals surface area contributed by atoms with E-state index in [4.69, 9.17) is 11.0 Å². The van der Waals surface area contributed by atoms with Gasteiger partial charge in [-0.15, -0.1) is 0 Å². The maximum Gasteiger partial charge on any atom is 0.143 e. The Morgan fingerprint density at radius 1 is 1.32 bits per heavy atom. The molecule has 1 aromatic heterocycles. The Morgan fingerprint density at radius 2 is 2.16 bits per heavy atom. The topological polar surface area (TPSA) is 69.2 Å². The molecule has 0 spiro atoms. The van der Waals surface area contributed by atoms with Gasteiger partial charge >= 0.3 is 0 Å². The summed E-state index contributed by atoms with van der Waals surface area (Å²) in [7, 11) is 2.21. The Morgan fingerprint density at radius 3 is 2.89 bits per heavy atom. The monoisotopic (exact) mass is 257 g/mol. The molecular weight excluding hydrogens is 238 g/mol. The van der Waals surface area contributed by atoms with Gasteiger partial charge < -0.3 is 15.5 Å². The van der Waals surface area contributed by atoms with E-state index in [1.807, 2.05) is 6.07 Å². The Labute approximate surface area is 113 Å². The summed E-state index contributed by atoms with van der Waals surface area (Å²) in [5, 5.41) is 8.91. The van der Waals surface area contributed by atoms with E-state index in [0.29, 0.717) is 23.5 Å². The van der Waals surface area contributed by atoms with E-state index in [9.17, 15) is 0 Å². The van der Waals surface area contributed by atoms with Crippen LogP contribution in [0.5, 0.6) is 0 Å². The number of nitriles is 1. The summed E-state index contributed by atoms with van der Waals surface area (Å²) in [6.07, 6.45) is 3.64. The molecule has 0 aromatic carbocycles. The first-order valence-corrected chi connectivity index (χ1v) is 6.84. The summed E-state index contributed by atoms with van der Waals surface area (Å²) < 4.78 is 0. The fraction of sp³-hybridized carbons (Fsp3) is 0.571. The number of fused-ring (bicyclic) bond motifs is 1. The van der Waals surface area contributed by atoms with Gasteiger partial charge in [-0.05, 0) is 45.0 Å². The molecule has 0 aliphatic carbocycles. The van der Waals surface area contributed by atoms with Gasteiger partial charge in [0.1, 0.15) is 17.7 Å². The molecule has 2 N–H and O–H groups in total. The van der Waals surface area contributed by atoms with Crippen LogP contribution in [0.2, 0.25) is 0 Å². The molecule has 2 atom stereocenters. The van der Waals surface area contributed by atoms with Crippen LogP contribution in [0, 0.1) is 11.3 Å². The lowest BCUT2D eigenvalue weighted by molar-refractivity contribution is 0.180. The number of hydrogen-bond donors (Lipinski definition) is 1. The molecular formula is C14H19N5. The zero-order valence-corrected chi connectivity index (χ0v) is 11.2. The molecule has 19 heavy (non-hydrogen) atoms. The lowest BCUT2D eigenvalue weighted by Gasteiger charge is -2.38. The minimum absolute atomic E-state index is 0.340. The maximum absolute atomic E-state index is 8.91. The Balaban J connectivity index is 1.87. The summed E-state index contributed by atoms with van der Waals surface area (Å²) in [5.41, 5.74) is 6.28. The third-order valence-electron chi connectivity index (χ3n) is 4.41. The molecule has 5 nitrogen and oxygen atoms in total. The lowest BCUT2D eigenvalue weighted by atomic mass is 9.97. The Hall–Kier alpha value is -1.80. The first kappa shape index (κ1) is 12.2. The van der Waals surface area contributed by atoms with Crippen molar-refractivity contribution in [1.82, 2.24) is 9.88 Å². The first-order valence-electron chi connectivity index (χ1n) is 6.84. The van der Waals surface area contributed by atoms with E-state index in [0.717, 1.165) is 12.4 Å². The normalized spacial score (nSPS) is 27.1. The molecule has 100 valence electrons. The standard InChI is InChI=1S/C14H19N5/c1-18-7-2-3-12-11(18)6-8-19(12)13-5-4-10(9-15)14(16)17-13/h4-5,11-12H,2-3,6-8H2,1H3,(H2,16,17). The second-order valence-corrected chi connectivity index (χ2v) is 5.45. The van der Waals surface area contributed by atoms with Crippen molar-refractivity contribution >= 4 is 11.6 Å². The average Bonchev–Trinajstić information content (AvgIpc) is 2.84. The number of nitrogen functional groups attached to an aromatic ring is 1. The smallest absolute Gasteiger partial charge is 0.143 e. The van der Waals surface area contributed by atoms with Crippen LogP contribution >= 0.6 is 0 Å². The zero-order valence-electron chi connectivity index (χ0n) is 11.2. The lowest BCUT2D eigenvalue weighted by Crippen LogP contribution is -2.48. The van der Waals surface area contributed by atoms with Gasteiger partial charge in [0, 0.05) is 18.6 Å². The molecule has 2 aliphatic heterocycles. The molecule has 3 heterocycles. The molecule has 2 saturated heterocycles. The third kappa shape index (κ3) is 2.02. The summed E-state index contributed by atoms with van der Waals surface area (Å²) in [4.78, 5) is 9.22. The number of likely N-dealkylation sites (tertiary alicyclic amines) is 1. The number of pyridine rings is 1. The summed E-state index contributed by atoms with van der Waals surface area (Å²) in [6.45, 7) is 2.22. The number of aromatic nitrogens is 1. The Kier molecular flexibility index (Phi) is 3.03. The molecule has 5 heteroatoms. The number of hydrogen-bond acceptors (Lipinski definition) is 5. The SMILES string of the molecule is CN1CCCC2C1CCN2c1ccc(C#N)c(N)n1. The average molecular weight is 257 g/mol. The van der Waals surface area contributed by atoms with Crippen LogP contribution in [-0.2, 0) is 0 Å². The predicted molar refractivity (Wildman–Crippen MR) is 74.8 cm³/mol. The molecule has 2 aliphatic rings. The number of piperidine rings is 1. The van der Waals surface area contributed by atoms with Crippen molar-refractivity contribution in [2.45, 2.75) is 31.3 Å². The molecule has 0 saturated carbocycles. The number of nitrogens with zero attached hydrogens (tertiary/aromatic N) is 4. The number of rotatable bonds is 1. The molecule has 2 unspecified atom stereocenters. The van der Waals surface area contributed by atoms with Gasteiger partial charge in [0.2, 0.25) is 0 Å². The van der Waals surface area contributed by atoms with Crippen molar-refractivity contribution in [3.63, 3.8) is 0 Å². The molecule has 0 bridgehead atoms. The highest BCUT2D eigenvalue weighted by Crippen LogP contribution is 2.33. The quantitative estimate of drug-likeness (QED) is 0.819. The largest absolute Gasteiger partial charge is 0.383 e. The van der Waals surface area contributed by atoms with E-state index in [-0.39, 0.29) is 0 Å². The Bertz CT molecular complexity index is 521. The van der Waals surface area contributed by atoms with Crippen LogP contribution in [0.25, 0.3) is 0 Å². The number of anilines is 2. The van der Waals surface area contributed by atoms with E-state index < -0.39 is 0 Å². The zero-order chi connectivity index (χ0) is 13.4. The van der Waals surface area contributed by atoms with Crippen molar-refractivity contribution in [2.75, 3.05) is 30.8 Å². The fourth-order valence-electron chi connectivity index (χ4n) is 3.42. The van der Waals surface area contributed by atoms with E-state index in [1.165, 1.54) is 25.8 Å². The summed E-state index contributed by atoms with van der Waals surface area (Å²) >= 11 is 0. The van der Waals surface area contributed by atoms with Crippen molar-refractivity contribution in [3.05, 3.63) is 17.7 Å². The second-order valence-electron chi connectivity index (χ2n) is 5.45. The van der Waals surface area contributed by atoms with E-state index >= 15 is 0 Å². The third-order valence-corrected chi connectivity index (χ3v) is 4.41. The molecule has 3 rings (SSSR count). The van der Waals surface area contributed by atoms with Crippen molar-refractivity contribution < 1.29 is 0 Å². The predicted octanol–water partition coefficient (Wildman–Crippen LogP) is 1.21. The molecule has 0 radical (unpaired) electrons. The maximum atomic E-state index is 8.91. The van der Waals surface area contributed by atoms with Gasteiger partial charge in [-0.25, -0.2) is 4.98 Å². The van der Waals surface area contributed by atoms with Crippen LogP contribution in [0.3, 0.4) is 0 Å². The van der Waals surface area contributed by atoms with Gasteiger partial charge in [-0.1, -0.05) is 0 Å². The highest BCUT2D eigenvalue weighted by Gasteiger charge is 2.39. The molecule has 0 amide bonds. The fourth-order valence-corrected chi connectivity index (χ4v) is 3.42. The van der Waals surface area contributed by atoms with Crippen molar-refractivity contribution in [2.24, 2.45) is 0 Å². The van der Waals surface area contributed by atoms with Crippen LogP contribution in [0.4, 0.5) is 11.6 Å². The van der Waals surface area contributed by atoms with Gasteiger partial charge in [-0.3, -0.25) is 0 Å². The van der Waals surface area contributed by atoms with Gasteiger partial charge in [-0.2, -0.15) is 5.26 Å². The van der Waals surface area contributed by atoms with Gasteiger partial charge in [0.25, 0.3) is 0 Å². The van der Waals surface area contributed by atoms with Crippen LogP contribution in [-0.4, -0.2) is 42.1 Å². The molecule has 2 fully saturated rings. The second kappa shape index (κ2) is 4.71. The minimum Gasteiger partial charge on any atom is -0.383 e.